The Labute approximate surface area is 366 Å². The molecule has 0 N–H and O–H groups in total. The van der Waals surface area contributed by atoms with Gasteiger partial charge in [0.2, 0.25) is 0 Å². The minimum Gasteiger partial charge on any atom is -0.208 e. The van der Waals surface area contributed by atoms with Crippen LogP contribution in [0.2, 0.25) is 0 Å². The van der Waals surface area contributed by atoms with E-state index >= 15 is 0 Å². The highest BCUT2D eigenvalue weighted by Gasteiger charge is 2.19. The molecule has 0 fully saturated rings. The van der Waals surface area contributed by atoms with Crippen molar-refractivity contribution in [3.8, 4) is 78.7 Å². The van der Waals surface area contributed by atoms with Crippen LogP contribution in [0.1, 0.15) is 0 Å². The minimum absolute atomic E-state index is 0.642. The van der Waals surface area contributed by atoms with Gasteiger partial charge >= 0.3 is 0 Å². The molecule has 0 saturated heterocycles. The molecule has 290 valence electrons. The number of hydrogen-bond acceptors (Lipinski definition) is 5. The van der Waals surface area contributed by atoms with Crippen LogP contribution in [0.15, 0.2) is 212 Å². The summed E-state index contributed by atoms with van der Waals surface area (Å²) in [6, 6.07) is 75.8. The Kier molecular flexibility index (Phi) is 8.87. The maximum absolute atomic E-state index is 5.30. The normalized spacial score (nSPS) is 11.5. The standard InChI is InChI=1S/C57H35N3S2/c1-3-13-36(14-4-1)37-25-27-38(28-26-37)44-19-7-8-20-45(44)42-30-32-51-49(34-42)54-48(22-12-24-52(54)61-51)57-59-55(39-15-5-2-6-16-39)58-56(60-57)43-18-11-17-40(33-43)41-29-31-47-46-21-9-10-23-50(46)62-53(47)35-41/h1-35H. The number of thiophene rings is 2. The molecule has 0 saturated carbocycles. The maximum atomic E-state index is 5.30. The van der Waals surface area contributed by atoms with Crippen molar-refractivity contribution in [2.75, 3.05) is 0 Å². The van der Waals surface area contributed by atoms with Gasteiger partial charge in [-0.1, -0.05) is 176 Å². The summed E-state index contributed by atoms with van der Waals surface area (Å²) in [5, 5.41) is 4.94. The van der Waals surface area contributed by atoms with Crippen molar-refractivity contribution in [2.24, 2.45) is 0 Å². The van der Waals surface area contributed by atoms with Gasteiger partial charge in [0, 0.05) is 57.0 Å². The summed E-state index contributed by atoms with van der Waals surface area (Å²) in [7, 11) is 0. The first kappa shape index (κ1) is 36.3. The Bertz CT molecular complexity index is 3630. The fourth-order valence-electron chi connectivity index (χ4n) is 8.73. The average Bonchev–Trinajstić information content (AvgIpc) is 3.92. The predicted molar refractivity (Wildman–Crippen MR) is 264 cm³/mol. The van der Waals surface area contributed by atoms with E-state index < -0.39 is 0 Å². The van der Waals surface area contributed by atoms with Crippen molar-refractivity contribution < 1.29 is 0 Å². The van der Waals surface area contributed by atoms with E-state index in [0.717, 1.165) is 27.6 Å². The summed E-state index contributed by atoms with van der Waals surface area (Å²) in [4.78, 5) is 15.7. The Morgan fingerprint density at radius 3 is 1.56 bits per heavy atom. The summed E-state index contributed by atoms with van der Waals surface area (Å²) in [6.07, 6.45) is 0. The predicted octanol–water partition coefficient (Wildman–Crippen LogP) is 16.3. The topological polar surface area (TPSA) is 38.7 Å². The van der Waals surface area contributed by atoms with Crippen LogP contribution in [-0.2, 0) is 0 Å². The molecule has 12 aromatic rings. The van der Waals surface area contributed by atoms with Gasteiger partial charge < -0.3 is 0 Å². The molecule has 0 amide bonds. The van der Waals surface area contributed by atoms with Crippen LogP contribution in [0, 0.1) is 0 Å². The van der Waals surface area contributed by atoms with Crippen molar-refractivity contribution in [2.45, 2.75) is 0 Å². The SMILES string of the molecule is c1ccc(-c2ccc(-c3ccccc3-c3ccc4sc5cccc(-c6nc(-c7ccccc7)nc(-c7cccc(-c8ccc9c(c8)sc8ccccc89)c7)n6)c5c4c3)cc2)cc1. The van der Waals surface area contributed by atoms with Crippen LogP contribution < -0.4 is 0 Å². The minimum atomic E-state index is 0.642. The summed E-state index contributed by atoms with van der Waals surface area (Å²) in [6.45, 7) is 0. The smallest absolute Gasteiger partial charge is 0.164 e. The Morgan fingerprint density at radius 2 is 0.742 bits per heavy atom. The lowest BCUT2D eigenvalue weighted by atomic mass is 9.92. The number of aromatic nitrogens is 3. The van der Waals surface area contributed by atoms with Crippen LogP contribution in [0.25, 0.3) is 119 Å². The van der Waals surface area contributed by atoms with E-state index in [4.69, 9.17) is 15.0 Å². The highest BCUT2D eigenvalue weighted by Crippen LogP contribution is 2.43. The fourth-order valence-corrected chi connectivity index (χ4v) is 11.0. The molecule has 0 aliphatic carbocycles. The summed E-state index contributed by atoms with van der Waals surface area (Å²) >= 11 is 3.65. The van der Waals surface area contributed by atoms with Gasteiger partial charge in [-0.05, 0) is 80.9 Å². The van der Waals surface area contributed by atoms with E-state index in [1.54, 1.807) is 11.3 Å². The van der Waals surface area contributed by atoms with E-state index in [-0.39, 0.29) is 0 Å². The zero-order chi connectivity index (χ0) is 41.0. The van der Waals surface area contributed by atoms with E-state index in [1.165, 1.54) is 73.9 Å². The van der Waals surface area contributed by atoms with Crippen LogP contribution in [0.5, 0.6) is 0 Å². The van der Waals surface area contributed by atoms with Gasteiger partial charge in [0.15, 0.2) is 17.5 Å². The second-order valence-corrected chi connectivity index (χ2v) is 17.7. The van der Waals surface area contributed by atoms with Crippen molar-refractivity contribution in [1.29, 1.82) is 0 Å². The third-order valence-corrected chi connectivity index (χ3v) is 14.0. The zero-order valence-electron chi connectivity index (χ0n) is 33.4. The van der Waals surface area contributed by atoms with Gasteiger partial charge in [0.1, 0.15) is 0 Å². The number of benzene rings is 9. The highest BCUT2D eigenvalue weighted by molar-refractivity contribution is 7.26. The number of rotatable bonds is 7. The molecule has 0 unspecified atom stereocenters. The van der Waals surface area contributed by atoms with E-state index in [2.05, 4.69) is 194 Å². The van der Waals surface area contributed by atoms with Gasteiger partial charge in [-0.3, -0.25) is 0 Å². The highest BCUT2D eigenvalue weighted by atomic mass is 32.1. The monoisotopic (exact) mass is 825 g/mol. The average molecular weight is 826 g/mol. The largest absolute Gasteiger partial charge is 0.208 e. The first-order valence-electron chi connectivity index (χ1n) is 20.7. The van der Waals surface area contributed by atoms with Gasteiger partial charge in [-0.2, -0.15) is 0 Å². The lowest BCUT2D eigenvalue weighted by molar-refractivity contribution is 1.08. The van der Waals surface area contributed by atoms with Crippen LogP contribution >= 0.6 is 22.7 Å². The molecular weight excluding hydrogens is 791 g/mol. The fraction of sp³-hybridized carbons (Fsp3) is 0. The molecule has 3 heterocycles. The molecule has 9 aromatic carbocycles. The summed E-state index contributed by atoms with van der Waals surface area (Å²) in [5.74, 6) is 1.94. The Balaban J connectivity index is 0.976. The van der Waals surface area contributed by atoms with E-state index in [1.807, 2.05) is 29.5 Å². The Hall–Kier alpha value is -7.57. The number of fused-ring (bicyclic) bond motifs is 6. The quantitative estimate of drug-likeness (QED) is 0.161. The lowest BCUT2D eigenvalue weighted by Crippen LogP contribution is -2.00. The van der Waals surface area contributed by atoms with Gasteiger partial charge in [-0.25, -0.2) is 15.0 Å². The van der Waals surface area contributed by atoms with Crippen molar-refractivity contribution in [3.05, 3.63) is 212 Å². The third kappa shape index (κ3) is 6.47. The first-order valence-corrected chi connectivity index (χ1v) is 22.4. The zero-order valence-corrected chi connectivity index (χ0v) is 35.0. The molecular formula is C57H35N3S2. The molecule has 62 heavy (non-hydrogen) atoms. The first-order chi connectivity index (χ1) is 30.7. The van der Waals surface area contributed by atoms with Crippen molar-refractivity contribution in [3.63, 3.8) is 0 Å². The molecule has 0 radical (unpaired) electrons. The molecule has 0 bridgehead atoms. The van der Waals surface area contributed by atoms with Crippen LogP contribution in [0.3, 0.4) is 0 Å². The van der Waals surface area contributed by atoms with Crippen molar-refractivity contribution >= 4 is 63.0 Å². The lowest BCUT2D eigenvalue weighted by Gasteiger charge is -2.12. The molecule has 0 aliphatic rings. The summed E-state index contributed by atoms with van der Waals surface area (Å²) in [5.41, 5.74) is 12.3. The number of nitrogens with zero attached hydrogens (tertiary/aromatic N) is 3. The van der Waals surface area contributed by atoms with Gasteiger partial charge in [-0.15, -0.1) is 22.7 Å². The van der Waals surface area contributed by atoms with Crippen LogP contribution in [-0.4, -0.2) is 15.0 Å². The van der Waals surface area contributed by atoms with Gasteiger partial charge in [0.25, 0.3) is 0 Å². The second-order valence-electron chi connectivity index (χ2n) is 15.5. The van der Waals surface area contributed by atoms with E-state index in [9.17, 15) is 0 Å². The molecule has 0 spiro atoms. The molecule has 12 rings (SSSR count). The number of hydrogen-bond donors (Lipinski definition) is 0. The van der Waals surface area contributed by atoms with Crippen molar-refractivity contribution in [1.82, 2.24) is 15.0 Å². The molecule has 3 nitrogen and oxygen atoms in total. The summed E-state index contributed by atoms with van der Waals surface area (Å²) < 4.78 is 5.00. The maximum Gasteiger partial charge on any atom is 0.164 e. The van der Waals surface area contributed by atoms with Gasteiger partial charge in [0.05, 0.1) is 0 Å². The second kappa shape index (κ2) is 15.2. The molecule has 0 atom stereocenters. The molecule has 5 heteroatoms. The van der Waals surface area contributed by atoms with E-state index in [0.29, 0.717) is 17.5 Å². The van der Waals surface area contributed by atoms with Crippen LogP contribution in [0.4, 0.5) is 0 Å². The molecule has 0 aliphatic heterocycles. The Morgan fingerprint density at radius 1 is 0.242 bits per heavy atom. The molecule has 3 aromatic heterocycles. The third-order valence-electron chi connectivity index (χ3n) is 11.8.